The number of para-hydroxylation sites is 1. The third-order valence-electron chi connectivity index (χ3n) is 4.53. The van der Waals surface area contributed by atoms with E-state index in [1.807, 2.05) is 43.3 Å². The zero-order valence-electron chi connectivity index (χ0n) is 16.7. The minimum absolute atomic E-state index is 0.133. The molecule has 3 rings (SSSR count). The van der Waals surface area contributed by atoms with Crippen LogP contribution in [-0.4, -0.2) is 33.7 Å². The van der Waals surface area contributed by atoms with E-state index in [4.69, 9.17) is 16.3 Å². The summed E-state index contributed by atoms with van der Waals surface area (Å²) in [5.74, 6) is -0.0341. The molecule has 1 heterocycles. The van der Waals surface area contributed by atoms with E-state index < -0.39 is 5.97 Å². The Hall–Kier alpha value is -3.12. The lowest BCUT2D eigenvalue weighted by Gasteiger charge is -2.16. The molecule has 0 radical (unpaired) electrons. The predicted molar refractivity (Wildman–Crippen MR) is 117 cm³/mol. The largest absolute Gasteiger partial charge is 0.487 e. The fourth-order valence-electron chi connectivity index (χ4n) is 3.01. The lowest BCUT2D eigenvalue weighted by Crippen LogP contribution is -2.24. The zero-order chi connectivity index (χ0) is 21.3. The van der Waals surface area contributed by atoms with Gasteiger partial charge in [0, 0.05) is 6.20 Å². The first kappa shape index (κ1) is 21.6. The Balaban J connectivity index is 1.60. The van der Waals surface area contributed by atoms with Crippen LogP contribution in [-0.2, 0) is 12.8 Å². The second kappa shape index (κ2) is 10.6. The SMILES string of the molecule is C[C@H](CNc1ncc(C(=O)O)c(CCCc2ccccc2)n1)Oc1ccccc1Cl. The van der Waals surface area contributed by atoms with E-state index in [1.165, 1.54) is 11.8 Å². The summed E-state index contributed by atoms with van der Waals surface area (Å²) in [6.07, 6.45) is 3.38. The number of nitrogens with zero attached hydrogens (tertiary/aromatic N) is 2. The molecule has 0 bridgehead atoms. The number of ether oxygens (including phenoxy) is 1. The maximum Gasteiger partial charge on any atom is 0.339 e. The van der Waals surface area contributed by atoms with Crippen LogP contribution >= 0.6 is 11.6 Å². The van der Waals surface area contributed by atoms with E-state index in [0.29, 0.717) is 35.4 Å². The maximum atomic E-state index is 11.5. The Morgan fingerprint density at radius 1 is 1.13 bits per heavy atom. The number of hydrogen-bond donors (Lipinski definition) is 2. The number of carbonyl (C=O) groups is 1. The normalized spacial score (nSPS) is 11.7. The number of hydrogen-bond acceptors (Lipinski definition) is 5. The van der Waals surface area contributed by atoms with Crippen LogP contribution in [0, 0.1) is 0 Å². The molecule has 7 heteroatoms. The monoisotopic (exact) mass is 425 g/mol. The van der Waals surface area contributed by atoms with Crippen molar-refractivity contribution in [2.45, 2.75) is 32.3 Å². The Morgan fingerprint density at radius 2 is 1.87 bits per heavy atom. The van der Waals surface area contributed by atoms with Crippen molar-refractivity contribution in [2.75, 3.05) is 11.9 Å². The van der Waals surface area contributed by atoms with E-state index in [-0.39, 0.29) is 11.7 Å². The molecule has 0 amide bonds. The second-order valence-corrected chi connectivity index (χ2v) is 7.35. The maximum absolute atomic E-state index is 11.5. The molecule has 0 aliphatic carbocycles. The van der Waals surface area contributed by atoms with Gasteiger partial charge in [-0.05, 0) is 43.9 Å². The molecule has 30 heavy (non-hydrogen) atoms. The molecule has 1 aromatic heterocycles. The number of carboxylic acid groups (broad SMARTS) is 1. The number of aromatic nitrogens is 2. The summed E-state index contributed by atoms with van der Waals surface area (Å²) in [6.45, 7) is 2.35. The van der Waals surface area contributed by atoms with Crippen molar-refractivity contribution in [3.05, 3.63) is 82.6 Å². The van der Waals surface area contributed by atoms with Gasteiger partial charge >= 0.3 is 5.97 Å². The number of carboxylic acids is 1. The molecule has 6 nitrogen and oxygen atoms in total. The number of halogens is 1. The molecular weight excluding hydrogens is 402 g/mol. The minimum Gasteiger partial charge on any atom is -0.487 e. The highest BCUT2D eigenvalue weighted by Crippen LogP contribution is 2.24. The fraction of sp³-hybridized carbons (Fsp3) is 0.261. The predicted octanol–water partition coefficient (Wildman–Crippen LogP) is 4.88. The van der Waals surface area contributed by atoms with Gasteiger partial charge in [-0.1, -0.05) is 54.1 Å². The van der Waals surface area contributed by atoms with E-state index in [9.17, 15) is 9.90 Å². The summed E-state index contributed by atoms with van der Waals surface area (Å²) in [6, 6.07) is 17.4. The molecule has 2 aromatic carbocycles. The van der Waals surface area contributed by atoms with Gasteiger partial charge in [0.25, 0.3) is 0 Å². The van der Waals surface area contributed by atoms with Gasteiger partial charge < -0.3 is 15.2 Å². The molecule has 1 atom stereocenters. The first-order valence-electron chi connectivity index (χ1n) is 9.81. The van der Waals surface area contributed by atoms with Gasteiger partial charge in [0.15, 0.2) is 0 Å². The highest BCUT2D eigenvalue weighted by Gasteiger charge is 2.14. The first-order chi connectivity index (χ1) is 14.5. The summed E-state index contributed by atoms with van der Waals surface area (Å²) in [5, 5.41) is 13.1. The van der Waals surface area contributed by atoms with Crippen LogP contribution in [0.3, 0.4) is 0 Å². The lowest BCUT2D eigenvalue weighted by atomic mass is 10.1. The molecule has 0 aliphatic heterocycles. The van der Waals surface area contributed by atoms with Crippen molar-refractivity contribution in [1.82, 2.24) is 9.97 Å². The Bertz CT molecular complexity index is 982. The number of anilines is 1. The molecular formula is C23H24ClN3O3. The minimum atomic E-state index is -1.02. The Labute approximate surface area is 180 Å². The van der Waals surface area contributed by atoms with Gasteiger partial charge in [-0.2, -0.15) is 0 Å². The topological polar surface area (TPSA) is 84.3 Å². The third kappa shape index (κ3) is 6.19. The third-order valence-corrected chi connectivity index (χ3v) is 4.84. The Kier molecular flexibility index (Phi) is 7.63. The van der Waals surface area contributed by atoms with Crippen LogP contribution in [0.15, 0.2) is 60.8 Å². The number of benzene rings is 2. The van der Waals surface area contributed by atoms with Gasteiger partial charge in [-0.15, -0.1) is 0 Å². The van der Waals surface area contributed by atoms with E-state index in [0.717, 1.165) is 12.8 Å². The van der Waals surface area contributed by atoms with Crippen LogP contribution in [0.5, 0.6) is 5.75 Å². The van der Waals surface area contributed by atoms with Crippen molar-refractivity contribution in [3.63, 3.8) is 0 Å². The lowest BCUT2D eigenvalue weighted by molar-refractivity contribution is 0.0694. The fourth-order valence-corrected chi connectivity index (χ4v) is 3.19. The van der Waals surface area contributed by atoms with E-state index >= 15 is 0 Å². The number of rotatable bonds is 10. The second-order valence-electron chi connectivity index (χ2n) is 6.94. The van der Waals surface area contributed by atoms with Crippen molar-refractivity contribution < 1.29 is 14.6 Å². The molecule has 2 N–H and O–H groups in total. The van der Waals surface area contributed by atoms with Crippen molar-refractivity contribution in [3.8, 4) is 5.75 Å². The summed E-state index contributed by atoms with van der Waals surface area (Å²) < 4.78 is 5.83. The standard InChI is InChI=1S/C23H24ClN3O3/c1-16(30-21-13-6-5-11-19(21)24)14-25-23-26-15-18(22(28)29)20(27-23)12-7-10-17-8-3-2-4-9-17/h2-6,8-9,11,13,15-16H,7,10,12,14H2,1H3,(H,28,29)(H,25,26,27)/t16-/m1/s1. The van der Waals surface area contributed by atoms with Gasteiger partial charge in [-0.25, -0.2) is 14.8 Å². The molecule has 0 saturated heterocycles. The summed E-state index contributed by atoms with van der Waals surface area (Å²) >= 11 is 6.12. The molecule has 0 spiro atoms. The van der Waals surface area contributed by atoms with Crippen LogP contribution < -0.4 is 10.1 Å². The molecule has 156 valence electrons. The van der Waals surface area contributed by atoms with Crippen molar-refractivity contribution >= 4 is 23.5 Å². The highest BCUT2D eigenvalue weighted by atomic mass is 35.5. The molecule has 0 saturated carbocycles. The smallest absolute Gasteiger partial charge is 0.339 e. The van der Waals surface area contributed by atoms with Crippen LogP contribution in [0.4, 0.5) is 5.95 Å². The number of nitrogens with one attached hydrogen (secondary N) is 1. The van der Waals surface area contributed by atoms with Crippen molar-refractivity contribution in [1.29, 1.82) is 0 Å². The van der Waals surface area contributed by atoms with Gasteiger partial charge in [0.2, 0.25) is 5.95 Å². The van der Waals surface area contributed by atoms with Gasteiger partial charge in [-0.3, -0.25) is 0 Å². The molecule has 0 unspecified atom stereocenters. The van der Waals surface area contributed by atoms with Crippen LogP contribution in [0.2, 0.25) is 5.02 Å². The van der Waals surface area contributed by atoms with E-state index in [1.54, 1.807) is 6.07 Å². The van der Waals surface area contributed by atoms with Gasteiger partial charge in [0.05, 0.1) is 22.8 Å². The molecule has 3 aromatic rings. The first-order valence-corrected chi connectivity index (χ1v) is 10.2. The van der Waals surface area contributed by atoms with E-state index in [2.05, 4.69) is 27.4 Å². The zero-order valence-corrected chi connectivity index (χ0v) is 17.5. The van der Waals surface area contributed by atoms with Crippen LogP contribution in [0.1, 0.15) is 35.0 Å². The quantitative estimate of drug-likeness (QED) is 0.481. The Morgan fingerprint density at radius 3 is 2.60 bits per heavy atom. The summed E-state index contributed by atoms with van der Waals surface area (Å²) in [5.41, 5.74) is 1.87. The van der Waals surface area contributed by atoms with Crippen LogP contribution in [0.25, 0.3) is 0 Å². The molecule has 0 fully saturated rings. The van der Waals surface area contributed by atoms with Crippen molar-refractivity contribution in [2.24, 2.45) is 0 Å². The average molecular weight is 426 g/mol. The van der Waals surface area contributed by atoms with Gasteiger partial charge in [0.1, 0.15) is 11.9 Å². The summed E-state index contributed by atoms with van der Waals surface area (Å²) in [7, 11) is 0. The molecule has 0 aliphatic rings. The average Bonchev–Trinajstić information content (AvgIpc) is 2.74. The number of aryl methyl sites for hydroxylation is 2. The summed E-state index contributed by atoms with van der Waals surface area (Å²) in [4.78, 5) is 20.1. The highest BCUT2D eigenvalue weighted by molar-refractivity contribution is 6.32. The number of aromatic carboxylic acids is 1.